The minimum atomic E-state index is -0.762. The fourth-order valence-corrected chi connectivity index (χ4v) is 8.17. The topological polar surface area (TPSA) is 78.9 Å². The Morgan fingerprint density at radius 3 is 0.817 bits per heavy atom. The Kier molecular flexibility index (Phi) is 45.7. The van der Waals surface area contributed by atoms with E-state index in [2.05, 4.69) is 34.6 Å². The molecule has 6 nitrogen and oxygen atoms in total. The number of hydrogen-bond acceptors (Lipinski definition) is 6. The second-order valence-electron chi connectivity index (χ2n) is 19.5. The third kappa shape index (κ3) is 47.5. The molecule has 1 atom stereocenters. The molecule has 0 amide bonds. The quantitative estimate of drug-likeness (QED) is 0.0345. The molecule has 0 heterocycles. The van der Waals surface area contributed by atoms with E-state index in [1.807, 2.05) is 0 Å². The van der Waals surface area contributed by atoms with E-state index in [4.69, 9.17) is 14.2 Å². The average Bonchev–Trinajstić information content (AvgIpc) is 3.22. The van der Waals surface area contributed by atoms with E-state index in [1.165, 1.54) is 186 Å². The molecule has 0 saturated carbocycles. The van der Waals surface area contributed by atoms with Crippen molar-refractivity contribution in [3.8, 4) is 0 Å². The zero-order valence-corrected chi connectivity index (χ0v) is 41.1. The highest BCUT2D eigenvalue weighted by molar-refractivity contribution is 5.71. The number of carbonyl (C=O) groups is 3. The standard InChI is InChI=1S/C54H104O6/c1-6-7-8-9-10-11-12-17-21-24-29-34-39-44-52(55)58-47-51(48-59-53(56)45-40-35-31-26-28-33-38-43-50(4)5)60-54(57)46-41-36-30-25-22-19-16-14-13-15-18-20-23-27-32-37-42-49(2)3/h49-51H,6-48H2,1-5H3/t51-/m1/s1. The lowest BCUT2D eigenvalue weighted by Crippen LogP contribution is -2.30. The zero-order valence-electron chi connectivity index (χ0n) is 41.1. The van der Waals surface area contributed by atoms with Crippen molar-refractivity contribution in [1.29, 1.82) is 0 Å². The van der Waals surface area contributed by atoms with E-state index in [0.29, 0.717) is 19.3 Å². The van der Waals surface area contributed by atoms with Crippen molar-refractivity contribution in [2.45, 2.75) is 304 Å². The summed E-state index contributed by atoms with van der Waals surface area (Å²) in [6, 6.07) is 0. The molecule has 356 valence electrons. The number of unbranched alkanes of at least 4 members (excludes halogenated alkanes) is 33. The van der Waals surface area contributed by atoms with Gasteiger partial charge in [-0.2, -0.15) is 0 Å². The first kappa shape index (κ1) is 58.4. The molecule has 0 aliphatic carbocycles. The van der Waals surface area contributed by atoms with Crippen LogP contribution < -0.4 is 0 Å². The van der Waals surface area contributed by atoms with Crippen LogP contribution in [0.5, 0.6) is 0 Å². The van der Waals surface area contributed by atoms with Crippen molar-refractivity contribution in [3.05, 3.63) is 0 Å². The SMILES string of the molecule is CCCCCCCCCCCCCCCC(=O)OC[C@H](COC(=O)CCCCCCCCCC(C)C)OC(=O)CCCCCCCCCCCCCCCCCCC(C)C. The van der Waals surface area contributed by atoms with Gasteiger partial charge in [0.25, 0.3) is 0 Å². The first-order valence-electron chi connectivity index (χ1n) is 26.7. The molecule has 60 heavy (non-hydrogen) atoms. The molecule has 0 aromatic heterocycles. The Morgan fingerprint density at radius 2 is 0.550 bits per heavy atom. The van der Waals surface area contributed by atoms with Crippen molar-refractivity contribution in [1.82, 2.24) is 0 Å². The van der Waals surface area contributed by atoms with Gasteiger partial charge in [0.05, 0.1) is 0 Å². The Morgan fingerprint density at radius 1 is 0.317 bits per heavy atom. The Balaban J connectivity index is 4.25. The lowest BCUT2D eigenvalue weighted by Gasteiger charge is -2.18. The van der Waals surface area contributed by atoms with Crippen LogP contribution in [0.2, 0.25) is 0 Å². The molecular weight excluding hydrogens is 745 g/mol. The van der Waals surface area contributed by atoms with Gasteiger partial charge in [-0.1, -0.05) is 259 Å². The number of rotatable bonds is 48. The predicted octanol–water partition coefficient (Wildman–Crippen LogP) is 17.3. The highest BCUT2D eigenvalue weighted by atomic mass is 16.6. The summed E-state index contributed by atoms with van der Waals surface area (Å²) >= 11 is 0. The van der Waals surface area contributed by atoms with Gasteiger partial charge in [-0.15, -0.1) is 0 Å². The maximum atomic E-state index is 12.8. The van der Waals surface area contributed by atoms with E-state index < -0.39 is 6.10 Å². The maximum Gasteiger partial charge on any atom is 0.306 e. The Labute approximate surface area is 374 Å². The molecule has 0 aliphatic heterocycles. The number of esters is 3. The molecule has 0 bridgehead atoms. The molecule has 0 fully saturated rings. The maximum absolute atomic E-state index is 12.8. The lowest BCUT2D eigenvalue weighted by molar-refractivity contribution is -0.167. The zero-order chi connectivity index (χ0) is 44.0. The van der Waals surface area contributed by atoms with Crippen LogP contribution in [-0.2, 0) is 28.6 Å². The molecule has 6 heteroatoms. The van der Waals surface area contributed by atoms with Gasteiger partial charge in [0.15, 0.2) is 6.10 Å². The van der Waals surface area contributed by atoms with Gasteiger partial charge >= 0.3 is 17.9 Å². The predicted molar refractivity (Wildman–Crippen MR) is 256 cm³/mol. The molecule has 0 aliphatic rings. The summed E-state index contributed by atoms with van der Waals surface area (Å²) < 4.78 is 16.8. The van der Waals surface area contributed by atoms with E-state index in [1.54, 1.807) is 0 Å². The van der Waals surface area contributed by atoms with Crippen molar-refractivity contribution in [3.63, 3.8) is 0 Å². The van der Waals surface area contributed by atoms with Crippen LogP contribution in [0.4, 0.5) is 0 Å². The van der Waals surface area contributed by atoms with Crippen LogP contribution in [0.1, 0.15) is 298 Å². The number of carbonyl (C=O) groups excluding carboxylic acids is 3. The van der Waals surface area contributed by atoms with Gasteiger partial charge < -0.3 is 14.2 Å². The summed E-state index contributed by atoms with van der Waals surface area (Å²) in [5, 5.41) is 0. The number of hydrogen-bond donors (Lipinski definition) is 0. The van der Waals surface area contributed by atoms with Gasteiger partial charge in [0.2, 0.25) is 0 Å². The summed E-state index contributed by atoms with van der Waals surface area (Å²) in [5.41, 5.74) is 0. The first-order valence-corrected chi connectivity index (χ1v) is 26.7. The molecule has 0 aromatic rings. The van der Waals surface area contributed by atoms with Crippen LogP contribution >= 0.6 is 0 Å². The fourth-order valence-electron chi connectivity index (χ4n) is 8.17. The van der Waals surface area contributed by atoms with Gasteiger partial charge in [0, 0.05) is 19.3 Å². The lowest BCUT2D eigenvalue weighted by atomic mass is 10.0. The fraction of sp³-hybridized carbons (Fsp3) is 0.944. The smallest absolute Gasteiger partial charge is 0.306 e. The minimum Gasteiger partial charge on any atom is -0.462 e. The van der Waals surface area contributed by atoms with Crippen LogP contribution in [0, 0.1) is 11.8 Å². The summed E-state index contributed by atoms with van der Waals surface area (Å²) in [4.78, 5) is 37.9. The molecule has 0 N–H and O–H groups in total. The molecular formula is C54H104O6. The average molecular weight is 849 g/mol. The molecule has 0 rings (SSSR count). The normalized spacial score (nSPS) is 12.1. The van der Waals surface area contributed by atoms with Crippen molar-refractivity contribution in [2.24, 2.45) is 11.8 Å². The third-order valence-electron chi connectivity index (χ3n) is 12.2. The van der Waals surface area contributed by atoms with Gasteiger partial charge in [0.1, 0.15) is 13.2 Å². The van der Waals surface area contributed by atoms with Gasteiger partial charge in [-0.25, -0.2) is 0 Å². The van der Waals surface area contributed by atoms with E-state index in [-0.39, 0.29) is 31.1 Å². The first-order chi connectivity index (χ1) is 29.2. The molecule has 0 saturated heterocycles. The highest BCUT2D eigenvalue weighted by Gasteiger charge is 2.19. The monoisotopic (exact) mass is 849 g/mol. The number of ether oxygens (including phenoxy) is 3. The largest absolute Gasteiger partial charge is 0.462 e. The summed E-state index contributed by atoms with van der Waals surface area (Å²) in [5.74, 6) is 0.785. The molecule has 0 aromatic carbocycles. The summed E-state index contributed by atoms with van der Waals surface area (Å²) in [6.45, 7) is 11.3. The molecule has 0 spiro atoms. The second-order valence-corrected chi connectivity index (χ2v) is 19.5. The van der Waals surface area contributed by atoms with Crippen LogP contribution in [0.25, 0.3) is 0 Å². The van der Waals surface area contributed by atoms with Crippen LogP contribution in [0.3, 0.4) is 0 Å². The third-order valence-corrected chi connectivity index (χ3v) is 12.2. The second kappa shape index (κ2) is 46.9. The van der Waals surface area contributed by atoms with E-state index >= 15 is 0 Å². The van der Waals surface area contributed by atoms with Crippen LogP contribution in [0.15, 0.2) is 0 Å². The molecule has 0 radical (unpaired) electrons. The van der Waals surface area contributed by atoms with Crippen molar-refractivity contribution in [2.75, 3.05) is 13.2 Å². The molecule has 0 unspecified atom stereocenters. The summed E-state index contributed by atoms with van der Waals surface area (Å²) in [6.07, 6.45) is 48.1. The summed E-state index contributed by atoms with van der Waals surface area (Å²) in [7, 11) is 0. The van der Waals surface area contributed by atoms with E-state index in [0.717, 1.165) is 69.6 Å². The van der Waals surface area contributed by atoms with E-state index in [9.17, 15) is 14.4 Å². The van der Waals surface area contributed by atoms with Crippen molar-refractivity contribution >= 4 is 17.9 Å². The van der Waals surface area contributed by atoms with Crippen LogP contribution in [-0.4, -0.2) is 37.2 Å². The van der Waals surface area contributed by atoms with Gasteiger partial charge in [-0.3, -0.25) is 14.4 Å². The highest BCUT2D eigenvalue weighted by Crippen LogP contribution is 2.18. The Hall–Kier alpha value is -1.59. The minimum absolute atomic E-state index is 0.0638. The Bertz CT molecular complexity index is 916. The van der Waals surface area contributed by atoms with Gasteiger partial charge in [-0.05, 0) is 31.1 Å². The van der Waals surface area contributed by atoms with Crippen molar-refractivity contribution < 1.29 is 28.6 Å².